The number of carbonyl (C=O) groups is 1. The zero-order chi connectivity index (χ0) is 24.3. The topological polar surface area (TPSA) is 17.1 Å². The van der Waals surface area contributed by atoms with Gasteiger partial charge in [0.25, 0.3) is 5.24 Å². The molecular formula is C10H2ClF17O. The maximum absolute atomic E-state index is 13.2. The summed E-state index contributed by atoms with van der Waals surface area (Å²) < 4.78 is 217. The van der Waals surface area contributed by atoms with Crippen molar-refractivity contribution in [1.29, 1.82) is 0 Å². The molecule has 0 heterocycles. The zero-order valence-corrected chi connectivity index (χ0v) is 13.2. The summed E-state index contributed by atoms with van der Waals surface area (Å²) in [7, 11) is 0. The third kappa shape index (κ3) is 3.92. The van der Waals surface area contributed by atoms with E-state index in [-0.39, 0.29) is 0 Å². The molecule has 0 fully saturated rings. The van der Waals surface area contributed by atoms with Crippen molar-refractivity contribution in [1.82, 2.24) is 0 Å². The molecule has 0 radical (unpaired) electrons. The molecule has 0 amide bonds. The quantitative estimate of drug-likeness (QED) is 0.291. The molecule has 0 aromatic carbocycles. The number of alkyl halides is 17. The molecule has 0 spiro atoms. The molecular weight excluding hydrogens is 495 g/mol. The van der Waals surface area contributed by atoms with E-state index in [4.69, 9.17) is 0 Å². The van der Waals surface area contributed by atoms with Crippen LogP contribution < -0.4 is 0 Å². The van der Waals surface area contributed by atoms with E-state index in [2.05, 4.69) is 11.6 Å². The molecule has 0 N–H and O–H groups in total. The van der Waals surface area contributed by atoms with Crippen LogP contribution in [0.5, 0.6) is 0 Å². The van der Waals surface area contributed by atoms with Crippen molar-refractivity contribution in [3.05, 3.63) is 0 Å². The fourth-order valence-corrected chi connectivity index (χ4v) is 1.62. The molecule has 0 unspecified atom stereocenters. The summed E-state index contributed by atoms with van der Waals surface area (Å²) in [6.07, 6.45) is -10.8. The SMILES string of the molecule is O=C(Cl)C(F)(F)C(F)(F)C(F)(F)C(F)(F)C(F)(F)C(F)(F)C(F)(F)CC(F)(F)F. The van der Waals surface area contributed by atoms with Crippen LogP contribution in [-0.2, 0) is 4.79 Å². The van der Waals surface area contributed by atoms with Crippen molar-refractivity contribution in [3.8, 4) is 0 Å². The van der Waals surface area contributed by atoms with Gasteiger partial charge in [-0.25, -0.2) is 0 Å². The van der Waals surface area contributed by atoms with Crippen molar-refractivity contribution in [3.63, 3.8) is 0 Å². The van der Waals surface area contributed by atoms with Crippen molar-refractivity contribution in [2.75, 3.05) is 0 Å². The van der Waals surface area contributed by atoms with E-state index in [0.717, 1.165) is 0 Å². The molecule has 0 aromatic rings. The van der Waals surface area contributed by atoms with Gasteiger partial charge in [0, 0.05) is 0 Å². The van der Waals surface area contributed by atoms with Crippen LogP contribution >= 0.6 is 11.6 Å². The highest BCUT2D eigenvalue weighted by Gasteiger charge is 2.93. The van der Waals surface area contributed by atoms with E-state index in [1.165, 1.54) is 0 Å². The van der Waals surface area contributed by atoms with Crippen LogP contribution in [0.3, 0.4) is 0 Å². The first-order valence-corrected chi connectivity index (χ1v) is 6.44. The largest absolute Gasteiger partial charge is 0.395 e. The number of rotatable bonds is 8. The van der Waals surface area contributed by atoms with E-state index in [9.17, 15) is 79.4 Å². The zero-order valence-electron chi connectivity index (χ0n) is 12.4. The molecule has 29 heavy (non-hydrogen) atoms. The first-order chi connectivity index (χ1) is 12.2. The molecule has 0 aliphatic carbocycles. The average Bonchev–Trinajstić information content (AvgIpc) is 2.43. The highest BCUT2D eigenvalue weighted by atomic mass is 35.5. The minimum absolute atomic E-state index is 3.73. The lowest BCUT2D eigenvalue weighted by atomic mass is 9.88. The van der Waals surface area contributed by atoms with Crippen LogP contribution in [0.15, 0.2) is 0 Å². The second kappa shape index (κ2) is 6.90. The van der Waals surface area contributed by atoms with Crippen LogP contribution in [0, 0.1) is 0 Å². The van der Waals surface area contributed by atoms with E-state index in [0.29, 0.717) is 0 Å². The summed E-state index contributed by atoms with van der Waals surface area (Å²) in [4.78, 5) is 10.0. The molecule has 0 saturated carbocycles. The minimum Gasteiger partial charge on any atom is -0.274 e. The Bertz CT molecular complexity index is 633. The highest BCUT2D eigenvalue weighted by molar-refractivity contribution is 6.65. The van der Waals surface area contributed by atoms with Gasteiger partial charge in [-0.1, -0.05) is 0 Å². The Morgan fingerprint density at radius 2 is 0.793 bits per heavy atom. The lowest BCUT2D eigenvalue weighted by molar-refractivity contribution is -0.440. The van der Waals surface area contributed by atoms with E-state index in [1.54, 1.807) is 0 Å². The third-order valence-electron chi connectivity index (χ3n) is 3.10. The maximum Gasteiger partial charge on any atom is 0.395 e. The Hall–Kier alpha value is -1.23. The second-order valence-electron chi connectivity index (χ2n) is 5.22. The number of carbonyl (C=O) groups excluding carboxylic acids is 1. The first kappa shape index (κ1) is 27.8. The molecule has 19 heteroatoms. The number of hydrogen-bond acceptors (Lipinski definition) is 1. The van der Waals surface area contributed by atoms with Crippen LogP contribution in [0.2, 0.25) is 0 Å². The molecule has 0 saturated heterocycles. The average molecular weight is 497 g/mol. The molecule has 174 valence electrons. The lowest BCUT2D eigenvalue weighted by Gasteiger charge is -2.42. The van der Waals surface area contributed by atoms with Gasteiger partial charge in [0.05, 0.1) is 0 Å². The smallest absolute Gasteiger partial charge is 0.274 e. The summed E-state index contributed by atoms with van der Waals surface area (Å²) in [6, 6.07) is 0. The summed E-state index contributed by atoms with van der Waals surface area (Å²) >= 11 is 3.73. The van der Waals surface area contributed by atoms with E-state index in [1.807, 2.05) is 0 Å². The van der Waals surface area contributed by atoms with Gasteiger partial charge in [-0.15, -0.1) is 0 Å². The Morgan fingerprint density at radius 3 is 1.07 bits per heavy atom. The van der Waals surface area contributed by atoms with Crippen LogP contribution in [-0.4, -0.2) is 52.9 Å². The molecule has 0 aliphatic heterocycles. The van der Waals surface area contributed by atoms with Crippen molar-refractivity contribution in [2.24, 2.45) is 0 Å². The molecule has 0 aromatic heterocycles. The molecule has 0 atom stereocenters. The number of hydrogen-bond donors (Lipinski definition) is 0. The Labute approximate surface area is 151 Å². The van der Waals surface area contributed by atoms with Crippen LogP contribution in [0.25, 0.3) is 0 Å². The van der Waals surface area contributed by atoms with Gasteiger partial charge in [0.1, 0.15) is 6.42 Å². The molecule has 0 rings (SSSR count). The van der Waals surface area contributed by atoms with Crippen molar-refractivity contribution in [2.45, 2.75) is 54.1 Å². The van der Waals surface area contributed by atoms with Gasteiger partial charge in [-0.2, -0.15) is 74.6 Å². The first-order valence-electron chi connectivity index (χ1n) is 6.06. The van der Waals surface area contributed by atoms with Crippen molar-refractivity contribution < 1.29 is 79.4 Å². The normalized spacial score (nSPS) is 16.2. The van der Waals surface area contributed by atoms with Gasteiger partial charge in [0.15, 0.2) is 0 Å². The maximum atomic E-state index is 13.2. The number of halogens is 18. The second-order valence-corrected chi connectivity index (χ2v) is 5.56. The van der Waals surface area contributed by atoms with Gasteiger partial charge in [0.2, 0.25) is 0 Å². The monoisotopic (exact) mass is 496 g/mol. The van der Waals surface area contributed by atoms with Crippen LogP contribution in [0.1, 0.15) is 6.42 Å². The minimum atomic E-state index is -8.57. The highest BCUT2D eigenvalue weighted by Crippen LogP contribution is 2.63. The van der Waals surface area contributed by atoms with Gasteiger partial charge >= 0.3 is 47.6 Å². The predicted octanol–water partition coefficient (Wildman–Crippen LogP) is 6.15. The van der Waals surface area contributed by atoms with E-state index >= 15 is 0 Å². The van der Waals surface area contributed by atoms with Gasteiger partial charge < -0.3 is 0 Å². The fraction of sp³-hybridized carbons (Fsp3) is 0.900. The van der Waals surface area contributed by atoms with Gasteiger partial charge in [-0.3, -0.25) is 4.79 Å². The van der Waals surface area contributed by atoms with E-state index < -0.39 is 59.3 Å². The lowest BCUT2D eigenvalue weighted by Crippen LogP contribution is -2.73. The molecule has 1 nitrogen and oxygen atoms in total. The van der Waals surface area contributed by atoms with Crippen molar-refractivity contribution >= 4 is 16.8 Å². The third-order valence-corrected chi connectivity index (χ3v) is 3.34. The standard InChI is InChI=1S/C10H2ClF17O/c11-2(29)5(17,18)7(21,22)9(25,26)10(27,28)8(23,24)6(19,20)3(12,13)1-4(14,15)16/h1H2. The summed E-state index contributed by atoms with van der Waals surface area (Å²) in [5.41, 5.74) is 0. The predicted molar refractivity (Wildman–Crippen MR) is 56.2 cm³/mol. The Balaban J connectivity index is 6.63. The molecule has 0 aliphatic rings. The summed E-state index contributed by atoms with van der Waals surface area (Å²) in [5.74, 6) is -56.1. The van der Waals surface area contributed by atoms with Gasteiger partial charge in [-0.05, 0) is 11.6 Å². The summed E-state index contributed by atoms with van der Waals surface area (Å²) in [6.45, 7) is 0. The fourth-order valence-electron chi connectivity index (χ4n) is 1.50. The van der Waals surface area contributed by atoms with Crippen LogP contribution in [0.4, 0.5) is 74.6 Å². The Kier molecular flexibility index (Phi) is 6.60. The molecule has 0 bridgehead atoms. The summed E-state index contributed by atoms with van der Waals surface area (Å²) in [5, 5.41) is -3.88. The Morgan fingerprint density at radius 1 is 0.517 bits per heavy atom.